The van der Waals surface area contributed by atoms with Crippen molar-refractivity contribution >= 4 is 21.6 Å². The van der Waals surface area contributed by atoms with Crippen molar-refractivity contribution in [3.63, 3.8) is 0 Å². The first-order valence-electron chi connectivity index (χ1n) is 5.61. The van der Waals surface area contributed by atoms with Gasteiger partial charge in [0, 0.05) is 17.0 Å². The zero-order chi connectivity index (χ0) is 13.8. The van der Waals surface area contributed by atoms with E-state index in [-0.39, 0.29) is 12.0 Å². The molecule has 3 nitrogen and oxygen atoms in total. The molecule has 0 aromatic heterocycles. The average molecular weight is 288 g/mol. The lowest BCUT2D eigenvalue weighted by Gasteiger charge is -2.11. The first-order valence-corrected chi connectivity index (χ1v) is 7.54. The van der Waals surface area contributed by atoms with Gasteiger partial charge in [-0.05, 0) is 23.1 Å². The smallest absolute Gasteiger partial charge is 0.208 e. The third-order valence-electron chi connectivity index (χ3n) is 2.14. The van der Waals surface area contributed by atoms with Gasteiger partial charge in [0.1, 0.15) is 0 Å². The molecule has 1 aromatic carbocycles. The molecule has 100 valence electrons. The summed E-state index contributed by atoms with van der Waals surface area (Å²) in [6, 6.07) is 7.04. The molecular weight excluding hydrogens is 270 g/mol. The highest BCUT2D eigenvalue weighted by atomic mass is 35.5. The largest absolute Gasteiger partial charge is 0.233 e. The Hall–Kier alpha value is -0.840. The lowest BCUT2D eigenvalue weighted by molar-refractivity contribution is 0.542. The number of rotatable bonds is 4. The molecule has 0 bridgehead atoms. The number of halogens is 1. The van der Waals surface area contributed by atoms with Crippen LogP contribution in [0.25, 0.3) is 0 Å². The summed E-state index contributed by atoms with van der Waals surface area (Å²) in [4.78, 5) is 0. The van der Waals surface area contributed by atoms with Crippen LogP contribution in [0.1, 0.15) is 26.3 Å². The van der Waals surface area contributed by atoms with Crippen LogP contribution in [0, 0.1) is 5.41 Å². The van der Waals surface area contributed by atoms with E-state index in [0.29, 0.717) is 5.02 Å². The van der Waals surface area contributed by atoms with Gasteiger partial charge in [0.05, 0.1) is 0 Å². The van der Waals surface area contributed by atoms with Gasteiger partial charge in [0.15, 0.2) is 0 Å². The molecule has 0 saturated carbocycles. The monoisotopic (exact) mass is 287 g/mol. The fraction of sp³-hybridized carbons (Fsp3) is 0.385. The van der Waals surface area contributed by atoms with Crippen molar-refractivity contribution in [2.24, 2.45) is 5.41 Å². The van der Waals surface area contributed by atoms with E-state index in [9.17, 15) is 8.42 Å². The maximum Gasteiger partial charge on any atom is 0.233 e. The lowest BCUT2D eigenvalue weighted by Crippen LogP contribution is -2.21. The SMILES string of the molecule is CC(C)(C)/C=C/S(=O)(=O)NCc1ccc(Cl)cc1. The Labute approximate surface area is 114 Å². The van der Waals surface area contributed by atoms with Crippen LogP contribution in [-0.4, -0.2) is 8.42 Å². The molecule has 0 saturated heterocycles. The van der Waals surface area contributed by atoms with Crippen LogP contribution in [0.3, 0.4) is 0 Å². The molecule has 5 heteroatoms. The number of nitrogens with one attached hydrogen (secondary N) is 1. The molecule has 1 rings (SSSR count). The van der Waals surface area contributed by atoms with E-state index in [2.05, 4.69) is 4.72 Å². The van der Waals surface area contributed by atoms with Crippen molar-refractivity contribution in [1.82, 2.24) is 4.72 Å². The first kappa shape index (κ1) is 15.2. The van der Waals surface area contributed by atoms with Crippen molar-refractivity contribution in [2.75, 3.05) is 0 Å². The molecule has 18 heavy (non-hydrogen) atoms. The van der Waals surface area contributed by atoms with Crippen molar-refractivity contribution in [3.8, 4) is 0 Å². The molecule has 0 fully saturated rings. The molecule has 0 amide bonds. The second-order valence-corrected chi connectivity index (χ2v) is 7.25. The van der Waals surface area contributed by atoms with Crippen LogP contribution in [0.2, 0.25) is 5.02 Å². The Morgan fingerprint density at radius 1 is 1.22 bits per heavy atom. The topological polar surface area (TPSA) is 46.2 Å². The standard InChI is InChI=1S/C13H18ClNO2S/c1-13(2,3)8-9-18(16,17)15-10-11-4-6-12(14)7-5-11/h4-9,15H,10H2,1-3H3/b9-8+. The maximum absolute atomic E-state index is 11.7. The highest BCUT2D eigenvalue weighted by Gasteiger charge is 2.09. The van der Waals surface area contributed by atoms with Crippen molar-refractivity contribution in [2.45, 2.75) is 27.3 Å². The van der Waals surface area contributed by atoms with Crippen molar-refractivity contribution in [3.05, 3.63) is 46.3 Å². The van der Waals surface area contributed by atoms with Gasteiger partial charge in [0.25, 0.3) is 0 Å². The third-order valence-corrected chi connectivity index (χ3v) is 3.43. The lowest BCUT2D eigenvalue weighted by atomic mass is 9.98. The van der Waals surface area contributed by atoms with Crippen LogP contribution >= 0.6 is 11.6 Å². The predicted octanol–water partition coefficient (Wildman–Crippen LogP) is 3.32. The number of sulfonamides is 1. The zero-order valence-corrected chi connectivity index (χ0v) is 12.3. The summed E-state index contributed by atoms with van der Waals surface area (Å²) in [5.74, 6) is 0. The van der Waals surface area contributed by atoms with Crippen molar-refractivity contribution < 1.29 is 8.42 Å². The van der Waals surface area contributed by atoms with E-state index in [1.807, 2.05) is 20.8 Å². The van der Waals surface area contributed by atoms with E-state index in [1.165, 1.54) is 5.41 Å². The molecule has 1 N–H and O–H groups in total. The minimum Gasteiger partial charge on any atom is -0.208 e. The molecule has 0 radical (unpaired) electrons. The summed E-state index contributed by atoms with van der Waals surface area (Å²) in [6.45, 7) is 6.09. The van der Waals surface area contributed by atoms with Gasteiger partial charge in [0.2, 0.25) is 10.0 Å². The van der Waals surface area contributed by atoms with Crippen LogP contribution < -0.4 is 4.72 Å². The van der Waals surface area contributed by atoms with E-state index >= 15 is 0 Å². The van der Waals surface area contributed by atoms with E-state index in [1.54, 1.807) is 30.3 Å². The summed E-state index contributed by atoms with van der Waals surface area (Å²) in [6.07, 6.45) is 1.66. The number of benzene rings is 1. The van der Waals surface area contributed by atoms with Gasteiger partial charge in [-0.25, -0.2) is 13.1 Å². The number of allylic oxidation sites excluding steroid dienone is 1. The Kier molecular flexibility index (Phi) is 4.96. The average Bonchev–Trinajstić information content (AvgIpc) is 2.25. The molecule has 0 aliphatic heterocycles. The summed E-state index contributed by atoms with van der Waals surface area (Å²) in [5.41, 5.74) is 0.710. The Morgan fingerprint density at radius 3 is 2.28 bits per heavy atom. The predicted molar refractivity (Wildman–Crippen MR) is 75.8 cm³/mol. The zero-order valence-electron chi connectivity index (χ0n) is 10.8. The highest BCUT2D eigenvalue weighted by molar-refractivity contribution is 7.92. The molecule has 1 aromatic rings. The van der Waals surface area contributed by atoms with Crippen molar-refractivity contribution in [1.29, 1.82) is 0 Å². The van der Waals surface area contributed by atoms with Gasteiger partial charge in [-0.15, -0.1) is 0 Å². The van der Waals surface area contributed by atoms with E-state index in [0.717, 1.165) is 5.56 Å². The van der Waals surface area contributed by atoms with E-state index in [4.69, 9.17) is 11.6 Å². The maximum atomic E-state index is 11.7. The van der Waals surface area contributed by atoms with E-state index < -0.39 is 10.0 Å². The normalized spacial score (nSPS) is 13.1. The molecular formula is C13H18ClNO2S. The summed E-state index contributed by atoms with van der Waals surface area (Å²) >= 11 is 5.75. The summed E-state index contributed by atoms with van der Waals surface area (Å²) < 4.78 is 25.9. The number of hydrogen-bond donors (Lipinski definition) is 1. The first-order chi connectivity index (χ1) is 8.18. The van der Waals surface area contributed by atoms with Gasteiger partial charge >= 0.3 is 0 Å². The fourth-order valence-corrected chi connectivity index (χ4v) is 2.31. The Morgan fingerprint density at radius 2 is 1.78 bits per heavy atom. The quantitative estimate of drug-likeness (QED) is 0.923. The van der Waals surface area contributed by atoms with Gasteiger partial charge < -0.3 is 0 Å². The summed E-state index contributed by atoms with van der Waals surface area (Å²) in [5, 5.41) is 1.84. The molecule has 0 aliphatic carbocycles. The van der Waals surface area contributed by atoms with Crippen LogP contribution in [0.4, 0.5) is 0 Å². The number of hydrogen-bond acceptors (Lipinski definition) is 2. The van der Waals surface area contributed by atoms with Gasteiger partial charge in [-0.2, -0.15) is 0 Å². The molecule has 0 spiro atoms. The van der Waals surface area contributed by atoms with Crippen LogP contribution in [0.5, 0.6) is 0 Å². The fourth-order valence-electron chi connectivity index (χ4n) is 1.13. The minimum atomic E-state index is -3.39. The second kappa shape index (κ2) is 5.87. The Balaban J connectivity index is 2.62. The van der Waals surface area contributed by atoms with Crippen LogP contribution in [0.15, 0.2) is 35.7 Å². The Bertz CT molecular complexity index is 513. The van der Waals surface area contributed by atoms with Crippen LogP contribution in [-0.2, 0) is 16.6 Å². The highest BCUT2D eigenvalue weighted by Crippen LogP contribution is 2.15. The second-order valence-electron chi connectivity index (χ2n) is 5.16. The molecule has 0 atom stereocenters. The third kappa shape index (κ3) is 6.19. The molecule has 0 unspecified atom stereocenters. The van der Waals surface area contributed by atoms with Gasteiger partial charge in [-0.1, -0.05) is 50.6 Å². The summed E-state index contributed by atoms with van der Waals surface area (Å²) in [7, 11) is -3.39. The molecule has 0 aliphatic rings. The van der Waals surface area contributed by atoms with Gasteiger partial charge in [-0.3, -0.25) is 0 Å². The molecule has 0 heterocycles. The minimum absolute atomic E-state index is 0.158.